The minimum atomic E-state index is -1.57. The molecule has 1 atom stereocenters. The van der Waals surface area contributed by atoms with Crippen molar-refractivity contribution in [3.8, 4) is 34.1 Å². The van der Waals surface area contributed by atoms with Crippen LogP contribution in [0.5, 0.6) is 23.0 Å². The average Bonchev–Trinajstić information content (AvgIpc) is 3.28. The van der Waals surface area contributed by atoms with Gasteiger partial charge in [-0.2, -0.15) is 0 Å². The molecule has 44 heavy (non-hydrogen) atoms. The first-order valence-corrected chi connectivity index (χ1v) is 15.7. The minimum Gasteiger partial charge on any atom is -0.455 e. The SMILES string of the molecule is CC(C)(C)C(=O)Oc1cc2c(cc1-c1ccc(I)cc1)C1(OC(=O)c3cccc(Cl)c31)c1cc3c(c(Cl)c1O2)OC(=O)CC3. The molecule has 1 unspecified atom stereocenters. The lowest BCUT2D eigenvalue weighted by atomic mass is 9.76. The molecule has 4 aromatic rings. The Morgan fingerprint density at radius 1 is 0.909 bits per heavy atom. The summed E-state index contributed by atoms with van der Waals surface area (Å²) in [5.74, 6) is -0.622. The molecule has 0 aliphatic carbocycles. The van der Waals surface area contributed by atoms with Gasteiger partial charge in [-0.3, -0.25) is 9.59 Å². The molecule has 4 aromatic carbocycles. The van der Waals surface area contributed by atoms with Crippen molar-refractivity contribution in [1.29, 1.82) is 0 Å². The quantitative estimate of drug-likeness (QED) is 0.116. The smallest absolute Gasteiger partial charge is 0.340 e. The first-order chi connectivity index (χ1) is 20.9. The maximum atomic E-state index is 13.5. The van der Waals surface area contributed by atoms with Crippen molar-refractivity contribution in [2.45, 2.75) is 39.2 Å². The number of benzene rings is 4. The van der Waals surface area contributed by atoms with E-state index in [-0.39, 0.29) is 34.4 Å². The number of aryl methyl sites for hydroxylation is 1. The Hall–Kier alpha value is -3.60. The van der Waals surface area contributed by atoms with E-state index in [2.05, 4.69) is 22.6 Å². The van der Waals surface area contributed by atoms with Gasteiger partial charge in [0.2, 0.25) is 0 Å². The second-order valence-corrected chi connectivity index (χ2v) is 13.9. The Morgan fingerprint density at radius 2 is 1.66 bits per heavy atom. The summed E-state index contributed by atoms with van der Waals surface area (Å²) >= 11 is 16.0. The predicted molar refractivity (Wildman–Crippen MR) is 172 cm³/mol. The second-order valence-electron chi connectivity index (χ2n) is 11.9. The highest BCUT2D eigenvalue weighted by Crippen LogP contribution is 2.62. The van der Waals surface area contributed by atoms with Gasteiger partial charge >= 0.3 is 17.9 Å². The third kappa shape index (κ3) is 4.41. The van der Waals surface area contributed by atoms with Gasteiger partial charge in [0.05, 0.1) is 17.4 Å². The lowest BCUT2D eigenvalue weighted by molar-refractivity contribution is -0.143. The van der Waals surface area contributed by atoms with Crippen LogP contribution in [-0.2, 0) is 26.3 Å². The number of carbonyl (C=O) groups is 3. The van der Waals surface area contributed by atoms with E-state index < -0.39 is 28.9 Å². The summed E-state index contributed by atoms with van der Waals surface area (Å²) in [6.45, 7) is 5.30. The van der Waals surface area contributed by atoms with E-state index >= 15 is 0 Å². The number of carbonyl (C=O) groups excluding carboxylic acids is 3. The number of esters is 3. The van der Waals surface area contributed by atoms with Crippen LogP contribution >= 0.6 is 45.8 Å². The molecule has 0 saturated carbocycles. The third-order valence-corrected chi connectivity index (χ3v) is 9.30. The fourth-order valence-corrected chi connectivity index (χ4v) is 6.74. The van der Waals surface area contributed by atoms with Gasteiger partial charge in [0, 0.05) is 36.9 Å². The molecular weight excluding hydrogens is 718 g/mol. The van der Waals surface area contributed by atoms with Crippen LogP contribution in [0, 0.1) is 8.99 Å². The van der Waals surface area contributed by atoms with Crippen molar-refractivity contribution in [1.82, 2.24) is 0 Å². The summed E-state index contributed by atoms with van der Waals surface area (Å²) in [6.07, 6.45) is 0.548. The maximum absolute atomic E-state index is 13.5. The topological polar surface area (TPSA) is 88.1 Å². The molecule has 0 radical (unpaired) electrons. The molecule has 7 nitrogen and oxygen atoms in total. The summed E-state index contributed by atoms with van der Waals surface area (Å²) in [5.41, 5.74) is 1.31. The summed E-state index contributed by atoms with van der Waals surface area (Å²) in [4.78, 5) is 38.9. The van der Waals surface area contributed by atoms with Crippen LogP contribution in [0.4, 0.5) is 0 Å². The van der Waals surface area contributed by atoms with Gasteiger partial charge in [0.1, 0.15) is 16.5 Å². The van der Waals surface area contributed by atoms with Crippen LogP contribution in [0.2, 0.25) is 10.0 Å². The highest BCUT2D eigenvalue weighted by molar-refractivity contribution is 14.1. The first-order valence-electron chi connectivity index (χ1n) is 13.8. The van der Waals surface area contributed by atoms with E-state index in [1.165, 1.54) is 0 Å². The lowest BCUT2D eigenvalue weighted by Crippen LogP contribution is -2.34. The van der Waals surface area contributed by atoms with E-state index in [0.717, 1.165) is 9.13 Å². The Bertz CT molecular complexity index is 1950. The second kappa shape index (κ2) is 10.2. The van der Waals surface area contributed by atoms with Crippen molar-refractivity contribution in [2.75, 3.05) is 0 Å². The van der Waals surface area contributed by atoms with Crippen LogP contribution in [0.15, 0.2) is 60.7 Å². The standard InChI is InChI=1S/C34H23Cl2IO7/c1-33(2,3)32(40)42-24-15-25-21(14-20(24)16-7-10-18(37)11-8-16)34(27-19(31(39)44-34)5-4-6-23(27)35)22-13-17-9-12-26(38)43-29(17)28(36)30(22)41-25/h4-8,10-11,13-15H,9,12H2,1-3H3. The Balaban J connectivity index is 1.56. The van der Waals surface area contributed by atoms with Crippen LogP contribution in [0.3, 0.4) is 0 Å². The molecule has 222 valence electrons. The van der Waals surface area contributed by atoms with Gasteiger partial charge < -0.3 is 18.9 Å². The largest absolute Gasteiger partial charge is 0.455 e. The number of ether oxygens (including phenoxy) is 4. The molecule has 0 bridgehead atoms. The van der Waals surface area contributed by atoms with Gasteiger partial charge in [-0.25, -0.2) is 4.79 Å². The molecular formula is C34H23Cl2IO7. The lowest BCUT2D eigenvalue weighted by Gasteiger charge is -2.38. The van der Waals surface area contributed by atoms with Crippen molar-refractivity contribution >= 4 is 63.7 Å². The Labute approximate surface area is 276 Å². The molecule has 0 amide bonds. The zero-order valence-corrected chi connectivity index (χ0v) is 27.3. The van der Waals surface area contributed by atoms with Crippen LogP contribution in [0.25, 0.3) is 11.1 Å². The molecule has 0 aromatic heterocycles. The first kappa shape index (κ1) is 29.1. The molecule has 0 saturated heterocycles. The molecule has 3 aliphatic heterocycles. The van der Waals surface area contributed by atoms with Crippen molar-refractivity contribution in [3.05, 3.63) is 102 Å². The molecule has 0 N–H and O–H groups in total. The number of hydrogen-bond acceptors (Lipinski definition) is 7. The van der Waals surface area contributed by atoms with Gasteiger partial charge in [0.15, 0.2) is 17.1 Å². The molecule has 3 aliphatic rings. The van der Waals surface area contributed by atoms with Gasteiger partial charge in [-0.15, -0.1) is 0 Å². The summed E-state index contributed by atoms with van der Waals surface area (Å²) in [6, 6.07) is 18.0. The van der Waals surface area contributed by atoms with Crippen LogP contribution in [0.1, 0.15) is 59.8 Å². The number of fused-ring (bicyclic) bond motifs is 7. The average molecular weight is 741 g/mol. The van der Waals surface area contributed by atoms with E-state index in [0.29, 0.717) is 44.8 Å². The molecule has 0 fully saturated rings. The summed E-state index contributed by atoms with van der Waals surface area (Å²) < 4.78 is 25.4. The summed E-state index contributed by atoms with van der Waals surface area (Å²) in [7, 11) is 0. The van der Waals surface area contributed by atoms with Crippen LogP contribution < -0.4 is 14.2 Å². The van der Waals surface area contributed by atoms with E-state index in [9.17, 15) is 14.4 Å². The van der Waals surface area contributed by atoms with Gasteiger partial charge in [-0.1, -0.05) is 41.4 Å². The zero-order valence-electron chi connectivity index (χ0n) is 23.7. The third-order valence-electron chi connectivity index (χ3n) is 7.92. The highest BCUT2D eigenvalue weighted by atomic mass is 127. The molecule has 1 spiro atoms. The zero-order chi connectivity index (χ0) is 31.1. The fraction of sp³-hybridized carbons (Fsp3) is 0.206. The van der Waals surface area contributed by atoms with E-state index in [1.54, 1.807) is 51.1 Å². The molecule has 7 rings (SSSR count). The normalized spacial score (nSPS) is 18.0. The highest BCUT2D eigenvalue weighted by Gasteiger charge is 2.56. The summed E-state index contributed by atoms with van der Waals surface area (Å²) in [5, 5.41) is 0.369. The Kier molecular flexibility index (Phi) is 6.77. The van der Waals surface area contributed by atoms with Crippen LogP contribution in [-0.4, -0.2) is 17.9 Å². The number of rotatable bonds is 2. The number of halogens is 3. The fourth-order valence-electron chi connectivity index (χ4n) is 5.77. The molecule has 10 heteroatoms. The van der Waals surface area contributed by atoms with Crippen molar-refractivity contribution < 1.29 is 33.3 Å². The maximum Gasteiger partial charge on any atom is 0.340 e. The van der Waals surface area contributed by atoms with E-state index in [4.69, 9.17) is 42.1 Å². The number of hydrogen-bond donors (Lipinski definition) is 0. The van der Waals surface area contributed by atoms with Gasteiger partial charge in [0.25, 0.3) is 0 Å². The predicted octanol–water partition coefficient (Wildman–Crippen LogP) is 8.64. The monoisotopic (exact) mass is 740 g/mol. The Morgan fingerprint density at radius 3 is 2.39 bits per heavy atom. The van der Waals surface area contributed by atoms with Crippen molar-refractivity contribution in [2.24, 2.45) is 5.41 Å². The van der Waals surface area contributed by atoms with Gasteiger partial charge in [-0.05, 0) is 97.3 Å². The van der Waals surface area contributed by atoms with Crippen molar-refractivity contribution in [3.63, 3.8) is 0 Å². The molecule has 3 heterocycles. The van der Waals surface area contributed by atoms with E-state index in [1.807, 2.05) is 30.3 Å². The minimum absolute atomic E-state index is 0.0575.